The predicted molar refractivity (Wildman–Crippen MR) is 126 cm³/mol. The lowest BCUT2D eigenvalue weighted by Gasteiger charge is -2.21. The van der Waals surface area contributed by atoms with Gasteiger partial charge in [0.25, 0.3) is 5.91 Å². The third-order valence-corrected chi connectivity index (χ3v) is 8.64. The average Bonchev–Trinajstić information content (AvgIpc) is 3.45. The van der Waals surface area contributed by atoms with Crippen molar-refractivity contribution in [1.29, 1.82) is 0 Å². The van der Waals surface area contributed by atoms with Crippen LogP contribution in [-0.4, -0.2) is 59.3 Å². The van der Waals surface area contributed by atoms with Crippen LogP contribution >= 0.6 is 11.8 Å². The van der Waals surface area contributed by atoms with Gasteiger partial charge < -0.3 is 9.88 Å². The van der Waals surface area contributed by atoms with Gasteiger partial charge in [0.15, 0.2) is 5.16 Å². The lowest BCUT2D eigenvalue weighted by molar-refractivity contribution is 0.0953. The Morgan fingerprint density at radius 3 is 2.66 bits per heavy atom. The van der Waals surface area contributed by atoms with Crippen LogP contribution in [0.1, 0.15) is 68.2 Å². The summed E-state index contributed by atoms with van der Waals surface area (Å²) in [5, 5.41) is 12.6. The van der Waals surface area contributed by atoms with Crippen LogP contribution in [0.25, 0.3) is 0 Å². The smallest absolute Gasteiger partial charge is 0.251 e. The maximum Gasteiger partial charge on any atom is 0.251 e. The molecule has 0 atom stereocenters. The summed E-state index contributed by atoms with van der Waals surface area (Å²) in [5.41, 5.74) is 0.335. The normalized spacial score (nSPS) is 15.1. The molecule has 1 saturated carbocycles. The topological polar surface area (TPSA) is 97.2 Å². The molecule has 0 unspecified atom stereocenters. The molecule has 1 amide bonds. The fraction of sp³-hybridized carbons (Fsp3) is 0.591. The number of nitrogens with one attached hydrogen (secondary N) is 1. The monoisotopic (exact) mass is 479 g/mol. The highest BCUT2D eigenvalue weighted by Crippen LogP contribution is 2.33. The predicted octanol–water partition coefficient (Wildman–Crippen LogP) is 3.51. The minimum atomic E-state index is -3.64. The van der Waals surface area contributed by atoms with E-state index in [4.69, 9.17) is 0 Å². The molecule has 176 valence electrons. The fourth-order valence-electron chi connectivity index (χ4n) is 3.94. The molecule has 1 aliphatic carbocycles. The maximum absolute atomic E-state index is 12.7. The average molecular weight is 480 g/mol. The highest BCUT2D eigenvalue weighted by molar-refractivity contribution is 7.98. The van der Waals surface area contributed by atoms with E-state index in [0.717, 1.165) is 23.8 Å². The lowest BCUT2D eigenvalue weighted by atomic mass is 10.2. The third-order valence-electron chi connectivity index (χ3n) is 5.97. The summed E-state index contributed by atoms with van der Waals surface area (Å²) in [6.45, 7) is 4.10. The van der Waals surface area contributed by atoms with E-state index in [-0.39, 0.29) is 16.8 Å². The number of amides is 1. The summed E-state index contributed by atoms with van der Waals surface area (Å²) >= 11 is 1.62. The third kappa shape index (κ3) is 5.52. The molecule has 1 aromatic carbocycles. The van der Waals surface area contributed by atoms with Gasteiger partial charge in [-0.2, -0.15) is 4.31 Å². The number of nitrogens with zero attached hydrogens (tertiary/aromatic N) is 4. The summed E-state index contributed by atoms with van der Waals surface area (Å²) in [6, 6.07) is 6.49. The molecule has 0 spiro atoms. The Balaban J connectivity index is 1.59. The van der Waals surface area contributed by atoms with E-state index in [2.05, 4.69) is 20.1 Å². The van der Waals surface area contributed by atoms with Gasteiger partial charge in [-0.15, -0.1) is 10.2 Å². The molecule has 10 heteroatoms. The second-order valence-electron chi connectivity index (χ2n) is 8.41. The molecule has 2 aromatic rings. The summed E-state index contributed by atoms with van der Waals surface area (Å²) in [6.07, 6.45) is 8.31. The van der Waals surface area contributed by atoms with E-state index in [1.807, 2.05) is 20.1 Å². The molecule has 3 rings (SSSR count). The van der Waals surface area contributed by atoms with Gasteiger partial charge in [0.2, 0.25) is 10.0 Å². The minimum Gasteiger partial charge on any atom is -0.352 e. The summed E-state index contributed by atoms with van der Waals surface area (Å²) in [7, 11) is -2.09. The van der Waals surface area contributed by atoms with E-state index >= 15 is 0 Å². The molecule has 32 heavy (non-hydrogen) atoms. The first kappa shape index (κ1) is 24.7. The van der Waals surface area contributed by atoms with Gasteiger partial charge in [-0.3, -0.25) is 4.79 Å². The van der Waals surface area contributed by atoms with Crippen LogP contribution in [0.2, 0.25) is 0 Å². The van der Waals surface area contributed by atoms with Gasteiger partial charge in [-0.25, -0.2) is 8.42 Å². The van der Waals surface area contributed by atoms with Crippen LogP contribution in [-0.2, 0) is 16.4 Å². The summed E-state index contributed by atoms with van der Waals surface area (Å²) in [4.78, 5) is 12.7. The van der Waals surface area contributed by atoms with Crippen molar-refractivity contribution < 1.29 is 13.2 Å². The zero-order chi connectivity index (χ0) is 23.3. The van der Waals surface area contributed by atoms with Crippen molar-refractivity contribution in [3.05, 3.63) is 35.7 Å². The second kappa shape index (κ2) is 10.8. The number of hydrogen-bond donors (Lipinski definition) is 1. The molecule has 0 radical (unpaired) electrons. The highest BCUT2D eigenvalue weighted by Gasteiger charge is 2.25. The van der Waals surface area contributed by atoms with Crippen molar-refractivity contribution in [2.24, 2.45) is 0 Å². The lowest BCUT2D eigenvalue weighted by Crippen LogP contribution is -2.33. The molecule has 0 bridgehead atoms. The van der Waals surface area contributed by atoms with E-state index in [1.54, 1.807) is 30.9 Å². The molecule has 1 aliphatic rings. The van der Waals surface area contributed by atoms with Gasteiger partial charge in [0, 0.05) is 37.7 Å². The van der Waals surface area contributed by atoms with E-state index in [9.17, 15) is 13.2 Å². The van der Waals surface area contributed by atoms with Crippen LogP contribution < -0.4 is 5.32 Å². The largest absolute Gasteiger partial charge is 0.352 e. The number of sulfonamides is 1. The van der Waals surface area contributed by atoms with Crippen LogP contribution in [0, 0.1) is 0 Å². The quantitative estimate of drug-likeness (QED) is 0.414. The Hall–Kier alpha value is -1.91. The van der Waals surface area contributed by atoms with Crippen molar-refractivity contribution >= 4 is 27.7 Å². The van der Waals surface area contributed by atoms with E-state index in [0.29, 0.717) is 18.2 Å². The number of hydrogen-bond acceptors (Lipinski definition) is 6. The Labute approximate surface area is 195 Å². The van der Waals surface area contributed by atoms with Gasteiger partial charge in [-0.1, -0.05) is 30.7 Å². The number of rotatable bonds is 10. The number of aryl methyl sites for hydroxylation is 1. The van der Waals surface area contributed by atoms with Gasteiger partial charge in [0.1, 0.15) is 5.82 Å². The van der Waals surface area contributed by atoms with Crippen molar-refractivity contribution in [2.75, 3.05) is 19.8 Å². The number of benzene rings is 1. The fourth-order valence-corrected chi connectivity index (χ4v) is 5.93. The summed E-state index contributed by atoms with van der Waals surface area (Å²) in [5.74, 6) is 0.691. The molecule has 0 saturated heterocycles. The molecule has 1 aromatic heterocycles. The van der Waals surface area contributed by atoms with Gasteiger partial charge in [-0.05, 0) is 57.6 Å². The second-order valence-corrected chi connectivity index (χ2v) is 11.2. The summed E-state index contributed by atoms with van der Waals surface area (Å²) < 4.78 is 29.0. The number of aromatic nitrogens is 3. The molecule has 1 N–H and O–H groups in total. The van der Waals surface area contributed by atoms with Crippen molar-refractivity contribution in [2.45, 2.75) is 74.5 Å². The Bertz CT molecular complexity index is 1030. The molecular formula is C22H33N5O3S2. The Morgan fingerprint density at radius 1 is 1.28 bits per heavy atom. The van der Waals surface area contributed by atoms with Crippen LogP contribution in [0.4, 0.5) is 0 Å². The molecule has 8 nitrogen and oxygen atoms in total. The van der Waals surface area contributed by atoms with E-state index < -0.39 is 10.0 Å². The van der Waals surface area contributed by atoms with Crippen molar-refractivity contribution in [3.63, 3.8) is 0 Å². The Morgan fingerprint density at radius 2 is 2.00 bits per heavy atom. The van der Waals surface area contributed by atoms with Crippen LogP contribution in [0.5, 0.6) is 0 Å². The molecule has 1 heterocycles. The van der Waals surface area contributed by atoms with Crippen LogP contribution in [0.3, 0.4) is 0 Å². The van der Waals surface area contributed by atoms with E-state index in [1.165, 1.54) is 42.1 Å². The number of carbonyl (C=O) groups is 1. The first-order chi connectivity index (χ1) is 15.3. The SMILES string of the molecule is CSc1nnc(CCCNC(=O)c2cccc(S(=O)(=O)N(C)C(C)C)c2)n1C1CCCC1. The zero-order valence-corrected chi connectivity index (χ0v) is 20.9. The van der Waals surface area contributed by atoms with Crippen LogP contribution in [0.15, 0.2) is 34.3 Å². The molecule has 1 fully saturated rings. The van der Waals surface area contributed by atoms with Crippen molar-refractivity contribution in [1.82, 2.24) is 24.4 Å². The maximum atomic E-state index is 12.7. The Kier molecular flexibility index (Phi) is 8.35. The minimum absolute atomic E-state index is 0.121. The standard InChI is InChI=1S/C22H33N5O3S2/c1-16(2)26(3)32(29,30)19-12-7-9-17(15-19)21(28)23-14-8-13-20-24-25-22(31-4)27(20)18-10-5-6-11-18/h7,9,12,15-16,18H,5-6,8,10-11,13-14H2,1-4H3,(H,23,28). The van der Waals surface area contributed by atoms with Gasteiger partial charge >= 0.3 is 0 Å². The molecular weight excluding hydrogens is 446 g/mol. The van der Waals surface area contributed by atoms with Gasteiger partial charge in [0.05, 0.1) is 4.90 Å². The number of carbonyl (C=O) groups excluding carboxylic acids is 1. The first-order valence-electron chi connectivity index (χ1n) is 11.1. The van der Waals surface area contributed by atoms with Crippen molar-refractivity contribution in [3.8, 4) is 0 Å². The number of thioether (sulfide) groups is 1. The molecule has 0 aliphatic heterocycles. The first-order valence-corrected chi connectivity index (χ1v) is 13.8. The zero-order valence-electron chi connectivity index (χ0n) is 19.2. The highest BCUT2D eigenvalue weighted by atomic mass is 32.2.